The molecular weight excluding hydrogens is 399 g/mol. The Balaban J connectivity index is 2.26. The normalized spacial score (nSPS) is 10.6. The number of nitrogens with zero attached hydrogens (tertiary/aromatic N) is 3. The summed E-state index contributed by atoms with van der Waals surface area (Å²) in [5.74, 6) is -2.78. The number of hydrogen-bond donors (Lipinski definition) is 0. The molecule has 0 unspecified atom stereocenters. The molecule has 144 valence electrons. The lowest BCUT2D eigenvalue weighted by Crippen LogP contribution is -2.12. The molecule has 2 heterocycles. The quantitative estimate of drug-likeness (QED) is 0.582. The number of carbonyl (C=O) groups is 1. The fraction of sp³-hybridized carbons (Fsp3) is 0.111. The zero-order valence-corrected chi connectivity index (χ0v) is 15.2. The van der Waals surface area contributed by atoms with E-state index in [0.717, 1.165) is 25.4 Å². The minimum absolute atomic E-state index is 0.0246. The Bertz CT molecular complexity index is 1080. The maximum absolute atomic E-state index is 14.1. The molecule has 0 amide bonds. The van der Waals surface area contributed by atoms with Crippen LogP contribution in [0.25, 0.3) is 22.8 Å². The molecule has 6 nitrogen and oxygen atoms in total. The summed E-state index contributed by atoms with van der Waals surface area (Å²) < 4.78 is 50.3. The van der Waals surface area contributed by atoms with Crippen LogP contribution in [0.4, 0.5) is 18.0 Å². The third-order valence-electron chi connectivity index (χ3n) is 3.59. The average Bonchev–Trinajstić information content (AvgIpc) is 2.63. The van der Waals surface area contributed by atoms with Crippen molar-refractivity contribution in [2.45, 2.75) is 6.92 Å². The van der Waals surface area contributed by atoms with Crippen molar-refractivity contribution >= 4 is 17.8 Å². The third kappa shape index (κ3) is 3.89. The molecule has 0 fully saturated rings. The van der Waals surface area contributed by atoms with Gasteiger partial charge >= 0.3 is 6.16 Å². The van der Waals surface area contributed by atoms with Gasteiger partial charge in [0, 0.05) is 11.6 Å². The van der Waals surface area contributed by atoms with Gasteiger partial charge in [0.05, 0.1) is 24.0 Å². The third-order valence-corrected chi connectivity index (χ3v) is 3.91. The van der Waals surface area contributed by atoms with Gasteiger partial charge in [-0.1, -0.05) is 11.6 Å². The van der Waals surface area contributed by atoms with Crippen LogP contribution >= 0.6 is 11.6 Å². The van der Waals surface area contributed by atoms with Crippen LogP contribution in [-0.2, 0) is 4.74 Å². The van der Waals surface area contributed by atoms with Gasteiger partial charge in [-0.15, -0.1) is 0 Å². The Morgan fingerprint density at radius 1 is 1.07 bits per heavy atom. The number of rotatable bonds is 3. The van der Waals surface area contributed by atoms with Gasteiger partial charge in [-0.25, -0.2) is 32.9 Å². The maximum atomic E-state index is 14.1. The van der Waals surface area contributed by atoms with Crippen LogP contribution < -0.4 is 4.74 Å². The van der Waals surface area contributed by atoms with Gasteiger partial charge in [-0.05, 0) is 25.1 Å². The predicted octanol–water partition coefficient (Wildman–Crippen LogP) is 4.73. The highest BCUT2D eigenvalue weighted by Gasteiger charge is 2.23. The topological polar surface area (TPSA) is 74.2 Å². The molecule has 0 spiro atoms. The van der Waals surface area contributed by atoms with E-state index in [1.165, 1.54) is 13.0 Å². The highest BCUT2D eigenvalue weighted by molar-refractivity contribution is 6.33. The molecule has 3 aromatic rings. The van der Waals surface area contributed by atoms with E-state index in [9.17, 15) is 18.0 Å². The molecule has 0 saturated carbocycles. The largest absolute Gasteiger partial charge is 0.513 e. The lowest BCUT2D eigenvalue weighted by molar-refractivity contribution is 0.121. The summed E-state index contributed by atoms with van der Waals surface area (Å²) in [5, 5.41) is -0.0358. The van der Waals surface area contributed by atoms with E-state index in [1.54, 1.807) is 0 Å². The number of carbonyl (C=O) groups excluding carboxylic acids is 1. The summed E-state index contributed by atoms with van der Waals surface area (Å²) in [6.45, 7) is 1.46. The van der Waals surface area contributed by atoms with Crippen LogP contribution in [0.3, 0.4) is 0 Å². The lowest BCUT2D eigenvalue weighted by atomic mass is 10.1. The molecule has 0 N–H and O–H groups in total. The Hall–Kier alpha value is -3.20. The number of pyridine rings is 1. The average molecular weight is 410 g/mol. The molecule has 10 heteroatoms. The highest BCUT2D eigenvalue weighted by atomic mass is 35.5. The molecule has 0 aliphatic carbocycles. The number of methoxy groups -OCH3 is 1. The number of halogens is 4. The first-order valence-corrected chi connectivity index (χ1v) is 8.09. The molecule has 0 aliphatic rings. The van der Waals surface area contributed by atoms with Crippen LogP contribution in [0.5, 0.6) is 5.75 Å². The van der Waals surface area contributed by atoms with E-state index < -0.39 is 23.6 Å². The van der Waals surface area contributed by atoms with Crippen molar-refractivity contribution in [1.29, 1.82) is 0 Å². The zero-order chi connectivity index (χ0) is 20.4. The van der Waals surface area contributed by atoms with Crippen molar-refractivity contribution in [3.63, 3.8) is 0 Å². The smallest absolute Gasteiger partial charge is 0.437 e. The Kier molecular flexibility index (Phi) is 5.46. The summed E-state index contributed by atoms with van der Waals surface area (Å²) >= 11 is 6.10. The van der Waals surface area contributed by atoms with Gasteiger partial charge in [0.1, 0.15) is 23.0 Å². The molecule has 2 aromatic heterocycles. The summed E-state index contributed by atoms with van der Waals surface area (Å²) in [4.78, 5) is 23.5. The fourth-order valence-corrected chi connectivity index (χ4v) is 2.62. The summed E-state index contributed by atoms with van der Waals surface area (Å²) in [6, 6.07) is 4.09. The van der Waals surface area contributed by atoms with Crippen LogP contribution in [0, 0.1) is 24.4 Å². The van der Waals surface area contributed by atoms with Crippen LogP contribution in [0.1, 0.15) is 5.69 Å². The first-order valence-electron chi connectivity index (χ1n) is 7.71. The van der Waals surface area contributed by atoms with Gasteiger partial charge in [0.15, 0.2) is 17.4 Å². The second kappa shape index (κ2) is 7.81. The first kappa shape index (κ1) is 19.6. The molecule has 0 atom stereocenters. The Morgan fingerprint density at radius 2 is 1.82 bits per heavy atom. The van der Waals surface area contributed by atoms with Gasteiger partial charge in [-0.3, -0.25) is 0 Å². The lowest BCUT2D eigenvalue weighted by Gasteiger charge is -2.14. The van der Waals surface area contributed by atoms with Crippen molar-refractivity contribution in [2.75, 3.05) is 7.11 Å². The van der Waals surface area contributed by atoms with E-state index in [2.05, 4.69) is 19.7 Å². The van der Waals surface area contributed by atoms with Crippen LogP contribution in [-0.4, -0.2) is 28.2 Å². The molecule has 3 rings (SSSR count). The van der Waals surface area contributed by atoms with Gasteiger partial charge < -0.3 is 9.47 Å². The minimum atomic E-state index is -1.05. The zero-order valence-electron chi connectivity index (χ0n) is 14.5. The number of aryl methyl sites for hydroxylation is 1. The Morgan fingerprint density at radius 3 is 2.46 bits per heavy atom. The van der Waals surface area contributed by atoms with E-state index in [-0.39, 0.29) is 39.2 Å². The predicted molar refractivity (Wildman–Crippen MR) is 93.4 cm³/mol. The SMILES string of the molecule is COC(=O)Oc1c(C)nc(-c2ncc(F)cc2F)nc1-c1ccc(F)cc1Cl. The summed E-state index contributed by atoms with van der Waals surface area (Å²) in [5.41, 5.74) is -0.0374. The van der Waals surface area contributed by atoms with E-state index in [0.29, 0.717) is 6.07 Å². The van der Waals surface area contributed by atoms with Crippen LogP contribution in [0.15, 0.2) is 30.5 Å². The molecule has 1 aromatic carbocycles. The van der Waals surface area contributed by atoms with E-state index in [1.807, 2.05) is 0 Å². The van der Waals surface area contributed by atoms with Crippen molar-refractivity contribution in [3.05, 3.63) is 58.6 Å². The van der Waals surface area contributed by atoms with Crippen molar-refractivity contribution in [3.8, 4) is 28.5 Å². The van der Waals surface area contributed by atoms with Gasteiger partial charge in [0.25, 0.3) is 0 Å². The Labute approximate surface area is 161 Å². The van der Waals surface area contributed by atoms with E-state index >= 15 is 0 Å². The standard InChI is InChI=1S/C18H11ClF3N3O3/c1-8-16(28-18(26)27-2)14(11-4-3-9(20)5-12(11)19)25-17(24-8)15-13(22)6-10(21)7-23-15/h3-7H,1-2H3. The monoisotopic (exact) mass is 409 g/mol. The molecule has 0 radical (unpaired) electrons. The highest BCUT2D eigenvalue weighted by Crippen LogP contribution is 2.37. The summed E-state index contributed by atoms with van der Waals surface area (Å²) in [7, 11) is 1.11. The van der Waals surface area contributed by atoms with Crippen LogP contribution in [0.2, 0.25) is 5.02 Å². The maximum Gasteiger partial charge on any atom is 0.513 e. The van der Waals surface area contributed by atoms with Crippen molar-refractivity contribution in [2.24, 2.45) is 0 Å². The van der Waals surface area contributed by atoms with Gasteiger partial charge in [0.2, 0.25) is 0 Å². The molecule has 0 bridgehead atoms. The second-order valence-electron chi connectivity index (χ2n) is 5.47. The molecule has 0 aliphatic heterocycles. The first-order chi connectivity index (χ1) is 13.3. The molecular formula is C18H11ClF3N3O3. The number of ether oxygens (including phenoxy) is 2. The summed E-state index contributed by atoms with van der Waals surface area (Å²) in [6.07, 6.45) is -0.245. The second-order valence-corrected chi connectivity index (χ2v) is 5.88. The minimum Gasteiger partial charge on any atom is -0.437 e. The van der Waals surface area contributed by atoms with E-state index in [4.69, 9.17) is 16.3 Å². The van der Waals surface area contributed by atoms with Gasteiger partial charge in [-0.2, -0.15) is 0 Å². The van der Waals surface area contributed by atoms with Crippen molar-refractivity contribution < 1.29 is 27.4 Å². The number of aromatic nitrogens is 3. The van der Waals surface area contributed by atoms with Crippen molar-refractivity contribution in [1.82, 2.24) is 15.0 Å². The molecule has 28 heavy (non-hydrogen) atoms. The molecule has 0 saturated heterocycles. The number of benzene rings is 1. The fourth-order valence-electron chi connectivity index (χ4n) is 2.36. The number of hydrogen-bond acceptors (Lipinski definition) is 6.